The molecular formula is C14H21ClN4O2S. The van der Waals surface area contributed by atoms with E-state index in [0.717, 1.165) is 29.6 Å². The van der Waals surface area contributed by atoms with E-state index in [1.165, 1.54) is 6.92 Å². The van der Waals surface area contributed by atoms with Crippen LogP contribution in [0.4, 0.5) is 5.82 Å². The maximum Gasteiger partial charge on any atom is 0.224 e. The van der Waals surface area contributed by atoms with Crippen molar-refractivity contribution in [1.82, 2.24) is 15.3 Å². The Kier molecular flexibility index (Phi) is 6.72. The Morgan fingerprint density at radius 3 is 3.14 bits per heavy atom. The molecule has 1 unspecified atom stereocenters. The zero-order valence-corrected chi connectivity index (χ0v) is 14.4. The number of hydrogen-bond acceptors (Lipinski definition) is 6. The van der Waals surface area contributed by atoms with Gasteiger partial charge < -0.3 is 15.0 Å². The lowest BCUT2D eigenvalue weighted by molar-refractivity contribution is -0.118. The molecule has 1 fully saturated rings. The van der Waals surface area contributed by atoms with Gasteiger partial charge in [0, 0.05) is 37.6 Å². The Hall–Kier alpha value is -1.05. The zero-order chi connectivity index (χ0) is 15.9. The quantitative estimate of drug-likeness (QED) is 0.626. The molecular weight excluding hydrogens is 324 g/mol. The summed E-state index contributed by atoms with van der Waals surface area (Å²) in [4.78, 5) is 21.6. The number of morpholine rings is 1. The van der Waals surface area contributed by atoms with E-state index in [0.29, 0.717) is 19.8 Å². The molecule has 1 atom stereocenters. The molecule has 0 spiro atoms. The van der Waals surface area contributed by atoms with Gasteiger partial charge in [0.05, 0.1) is 24.9 Å². The van der Waals surface area contributed by atoms with Crippen LogP contribution >= 0.6 is 23.4 Å². The zero-order valence-electron chi connectivity index (χ0n) is 12.8. The van der Waals surface area contributed by atoms with E-state index in [1.54, 1.807) is 11.8 Å². The van der Waals surface area contributed by atoms with Crippen LogP contribution in [-0.2, 0) is 15.3 Å². The van der Waals surface area contributed by atoms with Crippen LogP contribution in [0.25, 0.3) is 0 Å². The molecule has 0 aromatic carbocycles. The van der Waals surface area contributed by atoms with Crippen molar-refractivity contribution in [2.24, 2.45) is 0 Å². The summed E-state index contributed by atoms with van der Waals surface area (Å²) in [6, 6.07) is 2.26. The van der Waals surface area contributed by atoms with Crippen LogP contribution in [0.2, 0.25) is 5.28 Å². The van der Waals surface area contributed by atoms with Crippen molar-refractivity contribution in [3.05, 3.63) is 17.0 Å². The number of ether oxygens (including phenoxy) is 1. The molecule has 0 radical (unpaired) electrons. The summed E-state index contributed by atoms with van der Waals surface area (Å²) < 4.78 is 5.45. The second-order valence-electron chi connectivity index (χ2n) is 5.14. The van der Waals surface area contributed by atoms with Crippen LogP contribution in [0.3, 0.4) is 0 Å². The minimum Gasteiger partial charge on any atom is -0.377 e. The number of thioether (sulfide) groups is 1. The number of rotatable bonds is 6. The van der Waals surface area contributed by atoms with Gasteiger partial charge in [-0.25, -0.2) is 9.97 Å². The topological polar surface area (TPSA) is 67.4 Å². The van der Waals surface area contributed by atoms with Gasteiger partial charge in [-0.15, -0.1) is 0 Å². The highest BCUT2D eigenvalue weighted by molar-refractivity contribution is 7.98. The molecule has 6 nitrogen and oxygen atoms in total. The van der Waals surface area contributed by atoms with E-state index < -0.39 is 0 Å². The molecule has 1 aromatic rings. The molecule has 1 saturated heterocycles. The maximum atomic E-state index is 10.8. The Bertz CT molecular complexity index is 518. The van der Waals surface area contributed by atoms with Crippen molar-refractivity contribution in [1.29, 1.82) is 0 Å². The summed E-state index contributed by atoms with van der Waals surface area (Å²) in [5.74, 6) is 2.43. The normalized spacial score (nSPS) is 18.3. The van der Waals surface area contributed by atoms with E-state index in [9.17, 15) is 4.79 Å². The second kappa shape index (κ2) is 8.55. The van der Waals surface area contributed by atoms with Gasteiger partial charge in [0.2, 0.25) is 11.2 Å². The number of aromatic nitrogens is 2. The predicted molar refractivity (Wildman–Crippen MR) is 89.5 cm³/mol. The first-order valence-corrected chi connectivity index (χ1v) is 8.79. The third kappa shape index (κ3) is 5.30. The van der Waals surface area contributed by atoms with E-state index >= 15 is 0 Å². The van der Waals surface area contributed by atoms with Crippen molar-refractivity contribution in [2.45, 2.75) is 25.6 Å². The second-order valence-corrected chi connectivity index (χ2v) is 6.58. The number of amides is 1. The fraction of sp³-hybridized carbons (Fsp3) is 0.643. The van der Waals surface area contributed by atoms with Gasteiger partial charge in [-0.1, -0.05) is 0 Å². The van der Waals surface area contributed by atoms with Gasteiger partial charge in [-0.05, 0) is 18.5 Å². The van der Waals surface area contributed by atoms with Gasteiger partial charge in [-0.3, -0.25) is 4.79 Å². The lowest BCUT2D eigenvalue weighted by Crippen LogP contribution is -2.44. The van der Waals surface area contributed by atoms with E-state index in [-0.39, 0.29) is 17.2 Å². The fourth-order valence-corrected chi connectivity index (χ4v) is 3.16. The van der Waals surface area contributed by atoms with Gasteiger partial charge in [0.25, 0.3) is 0 Å². The number of nitrogens with zero attached hydrogens (tertiary/aromatic N) is 3. The first-order valence-electron chi connectivity index (χ1n) is 7.26. The highest BCUT2D eigenvalue weighted by Gasteiger charge is 2.21. The Morgan fingerprint density at radius 1 is 1.59 bits per heavy atom. The van der Waals surface area contributed by atoms with Crippen LogP contribution in [0.5, 0.6) is 0 Å². The smallest absolute Gasteiger partial charge is 0.224 e. The molecule has 2 rings (SSSR count). The molecule has 1 aliphatic rings. The number of nitrogens with one attached hydrogen (secondary N) is 1. The summed E-state index contributed by atoms with van der Waals surface area (Å²) in [5, 5.41) is 3.04. The summed E-state index contributed by atoms with van der Waals surface area (Å²) in [6.07, 6.45) is 0. The minimum atomic E-state index is -0.00530. The van der Waals surface area contributed by atoms with Crippen molar-refractivity contribution < 1.29 is 9.53 Å². The first-order chi connectivity index (χ1) is 10.6. The molecule has 8 heteroatoms. The molecule has 0 aliphatic carbocycles. The molecule has 22 heavy (non-hydrogen) atoms. The lowest BCUT2D eigenvalue weighted by atomic mass is 10.2. The first kappa shape index (κ1) is 17.3. The van der Waals surface area contributed by atoms with Crippen LogP contribution in [0, 0.1) is 0 Å². The number of hydrogen-bond donors (Lipinski definition) is 1. The number of carbonyl (C=O) groups excluding carboxylic acids is 1. The molecule has 1 amide bonds. The monoisotopic (exact) mass is 344 g/mol. The van der Waals surface area contributed by atoms with Gasteiger partial charge >= 0.3 is 0 Å². The van der Waals surface area contributed by atoms with Gasteiger partial charge in [0.15, 0.2) is 0 Å². The number of halogens is 1. The lowest BCUT2D eigenvalue weighted by Gasteiger charge is -2.34. The average molecular weight is 345 g/mol. The molecule has 1 N–H and O–H groups in total. The Labute approximate surface area is 140 Å². The summed E-state index contributed by atoms with van der Waals surface area (Å²) in [7, 11) is 0. The number of anilines is 1. The van der Waals surface area contributed by atoms with Crippen molar-refractivity contribution in [3.63, 3.8) is 0 Å². The van der Waals surface area contributed by atoms with Crippen molar-refractivity contribution in [3.8, 4) is 0 Å². The van der Waals surface area contributed by atoms with Gasteiger partial charge in [0.1, 0.15) is 5.82 Å². The van der Waals surface area contributed by atoms with Crippen LogP contribution < -0.4 is 10.2 Å². The van der Waals surface area contributed by atoms with E-state index in [1.807, 2.05) is 6.07 Å². The molecule has 1 aromatic heterocycles. The standard InChI is InChI=1S/C14H21ClN4O2S/c1-10-8-21-5-4-19(10)13-7-12(17-14(15)18-13)9-22-6-3-16-11(2)20/h7,10H,3-6,8-9H2,1-2H3,(H,16,20). The Balaban J connectivity index is 1.93. The van der Waals surface area contributed by atoms with E-state index in [2.05, 4.69) is 27.1 Å². The molecule has 0 saturated carbocycles. The van der Waals surface area contributed by atoms with Crippen LogP contribution in [0.1, 0.15) is 19.5 Å². The summed E-state index contributed by atoms with van der Waals surface area (Å²) >= 11 is 7.76. The highest BCUT2D eigenvalue weighted by Crippen LogP contribution is 2.22. The van der Waals surface area contributed by atoms with Crippen molar-refractivity contribution in [2.75, 3.05) is 37.0 Å². The van der Waals surface area contributed by atoms with Crippen LogP contribution in [-0.4, -0.2) is 54.0 Å². The Morgan fingerprint density at radius 2 is 2.41 bits per heavy atom. The third-order valence-corrected chi connectivity index (χ3v) is 4.43. The van der Waals surface area contributed by atoms with E-state index in [4.69, 9.17) is 16.3 Å². The molecule has 2 heterocycles. The van der Waals surface area contributed by atoms with Crippen molar-refractivity contribution >= 4 is 35.1 Å². The van der Waals surface area contributed by atoms with Gasteiger partial charge in [-0.2, -0.15) is 11.8 Å². The number of carbonyl (C=O) groups is 1. The fourth-order valence-electron chi connectivity index (χ4n) is 2.22. The predicted octanol–water partition coefficient (Wildman–Crippen LogP) is 1.72. The summed E-state index contributed by atoms with van der Waals surface area (Å²) in [6.45, 7) is 6.49. The maximum absolute atomic E-state index is 10.8. The average Bonchev–Trinajstić information content (AvgIpc) is 2.46. The molecule has 1 aliphatic heterocycles. The third-order valence-electron chi connectivity index (χ3n) is 3.27. The highest BCUT2D eigenvalue weighted by atomic mass is 35.5. The largest absolute Gasteiger partial charge is 0.377 e. The molecule has 0 bridgehead atoms. The van der Waals surface area contributed by atoms with Crippen LogP contribution in [0.15, 0.2) is 6.07 Å². The minimum absolute atomic E-state index is 0.00530. The SMILES string of the molecule is CC(=O)NCCSCc1cc(N2CCOCC2C)nc(Cl)n1. The summed E-state index contributed by atoms with van der Waals surface area (Å²) in [5.41, 5.74) is 0.904. The molecule has 122 valence electrons.